The Kier molecular flexibility index (Phi) is 4.99. The minimum absolute atomic E-state index is 0.0161. The summed E-state index contributed by atoms with van der Waals surface area (Å²) in [6, 6.07) is 6.88. The third kappa shape index (κ3) is 4.06. The predicted molar refractivity (Wildman–Crippen MR) is 83.1 cm³/mol. The molecule has 4 heteroatoms. The molecule has 2 amide bonds. The summed E-state index contributed by atoms with van der Waals surface area (Å²) in [4.78, 5) is 26.3. The van der Waals surface area contributed by atoms with Crippen LogP contribution in [0.1, 0.15) is 42.6 Å². The maximum atomic E-state index is 12.3. The van der Waals surface area contributed by atoms with Gasteiger partial charge in [-0.15, -0.1) is 0 Å². The van der Waals surface area contributed by atoms with Gasteiger partial charge in [-0.2, -0.15) is 0 Å². The fraction of sp³-hybridized carbons (Fsp3) is 0.529. The van der Waals surface area contributed by atoms with E-state index >= 15 is 0 Å². The number of benzene rings is 1. The van der Waals surface area contributed by atoms with Gasteiger partial charge < -0.3 is 10.2 Å². The van der Waals surface area contributed by atoms with Gasteiger partial charge in [-0.3, -0.25) is 9.59 Å². The molecule has 1 N–H and O–H groups in total. The highest BCUT2D eigenvalue weighted by atomic mass is 16.2. The Morgan fingerprint density at radius 1 is 1.19 bits per heavy atom. The second kappa shape index (κ2) is 6.74. The molecule has 1 atom stereocenters. The van der Waals surface area contributed by atoms with Gasteiger partial charge in [0.05, 0.1) is 0 Å². The number of nitrogens with zero attached hydrogens (tertiary/aromatic N) is 1. The van der Waals surface area contributed by atoms with Crippen LogP contribution in [0.2, 0.25) is 0 Å². The zero-order valence-corrected chi connectivity index (χ0v) is 13.1. The van der Waals surface area contributed by atoms with Gasteiger partial charge in [-0.1, -0.05) is 24.6 Å². The number of likely N-dealkylation sites (tertiary alicyclic amines) is 1. The Bertz CT molecular complexity index is 502. The summed E-state index contributed by atoms with van der Waals surface area (Å²) in [6.07, 6.45) is 2.09. The van der Waals surface area contributed by atoms with Crippen LogP contribution in [-0.2, 0) is 4.79 Å². The molecule has 0 spiro atoms. The Hall–Kier alpha value is -1.84. The third-order valence-corrected chi connectivity index (χ3v) is 4.13. The van der Waals surface area contributed by atoms with Crippen molar-refractivity contribution in [1.29, 1.82) is 0 Å². The number of hydrogen-bond acceptors (Lipinski definition) is 2. The van der Waals surface area contributed by atoms with Crippen LogP contribution in [0.4, 0.5) is 0 Å². The van der Waals surface area contributed by atoms with Gasteiger partial charge in [0, 0.05) is 18.7 Å². The zero-order valence-electron chi connectivity index (χ0n) is 13.1. The standard InChI is InChI=1S/C17H24N2O2/c1-12-4-6-15(7-5-12)16(20)18-14(3)17(21)19-10-8-13(2)9-11-19/h4-7,13-14H,8-11H2,1-3H3,(H,18,20). The topological polar surface area (TPSA) is 49.4 Å². The molecule has 1 unspecified atom stereocenters. The molecule has 1 fully saturated rings. The van der Waals surface area contributed by atoms with Crippen LogP contribution in [0.5, 0.6) is 0 Å². The van der Waals surface area contributed by atoms with E-state index in [-0.39, 0.29) is 11.8 Å². The van der Waals surface area contributed by atoms with Crippen LogP contribution in [0.3, 0.4) is 0 Å². The first-order chi connectivity index (χ1) is 9.97. The van der Waals surface area contributed by atoms with Gasteiger partial charge in [0.2, 0.25) is 5.91 Å². The van der Waals surface area contributed by atoms with Crippen molar-refractivity contribution in [2.75, 3.05) is 13.1 Å². The molecule has 2 rings (SSSR count). The van der Waals surface area contributed by atoms with Crippen molar-refractivity contribution in [3.63, 3.8) is 0 Å². The Morgan fingerprint density at radius 3 is 2.33 bits per heavy atom. The lowest BCUT2D eigenvalue weighted by molar-refractivity contribution is -0.134. The van der Waals surface area contributed by atoms with Gasteiger partial charge in [0.25, 0.3) is 5.91 Å². The zero-order chi connectivity index (χ0) is 15.4. The second-order valence-electron chi connectivity index (χ2n) is 6.07. The number of amides is 2. The summed E-state index contributed by atoms with van der Waals surface area (Å²) in [6.45, 7) is 7.54. The van der Waals surface area contributed by atoms with Gasteiger partial charge in [0.1, 0.15) is 6.04 Å². The van der Waals surface area contributed by atoms with Crippen LogP contribution in [-0.4, -0.2) is 35.8 Å². The maximum Gasteiger partial charge on any atom is 0.251 e. The van der Waals surface area contributed by atoms with E-state index in [1.165, 1.54) is 0 Å². The quantitative estimate of drug-likeness (QED) is 0.928. The highest BCUT2D eigenvalue weighted by molar-refractivity contribution is 5.97. The summed E-state index contributed by atoms with van der Waals surface area (Å²) in [5, 5.41) is 2.79. The third-order valence-electron chi connectivity index (χ3n) is 4.13. The van der Waals surface area contributed by atoms with E-state index in [1.807, 2.05) is 24.0 Å². The van der Waals surface area contributed by atoms with Crippen molar-refractivity contribution < 1.29 is 9.59 Å². The normalized spacial score (nSPS) is 17.4. The van der Waals surface area contributed by atoms with E-state index in [1.54, 1.807) is 19.1 Å². The van der Waals surface area contributed by atoms with E-state index in [4.69, 9.17) is 0 Å². The number of nitrogens with one attached hydrogen (secondary N) is 1. The first-order valence-electron chi connectivity index (χ1n) is 7.63. The minimum atomic E-state index is -0.479. The lowest BCUT2D eigenvalue weighted by Crippen LogP contribution is -2.49. The van der Waals surface area contributed by atoms with Gasteiger partial charge in [-0.25, -0.2) is 0 Å². The SMILES string of the molecule is Cc1ccc(C(=O)NC(C)C(=O)N2CCC(C)CC2)cc1. The molecule has 4 nitrogen and oxygen atoms in total. The largest absolute Gasteiger partial charge is 0.341 e. The van der Waals surface area contributed by atoms with Crippen molar-refractivity contribution in [3.8, 4) is 0 Å². The van der Waals surface area contributed by atoms with Crippen molar-refractivity contribution in [3.05, 3.63) is 35.4 Å². The van der Waals surface area contributed by atoms with E-state index in [0.29, 0.717) is 11.5 Å². The van der Waals surface area contributed by atoms with E-state index in [9.17, 15) is 9.59 Å². The summed E-state index contributed by atoms with van der Waals surface area (Å²) >= 11 is 0. The van der Waals surface area contributed by atoms with Gasteiger partial charge >= 0.3 is 0 Å². The van der Waals surface area contributed by atoms with E-state index in [2.05, 4.69) is 12.2 Å². The molecular weight excluding hydrogens is 264 g/mol. The summed E-state index contributed by atoms with van der Waals surface area (Å²) in [5.74, 6) is 0.509. The van der Waals surface area contributed by atoms with Crippen molar-refractivity contribution in [1.82, 2.24) is 10.2 Å². The molecule has 0 aromatic heterocycles. The molecule has 1 aromatic carbocycles. The molecule has 1 saturated heterocycles. The highest BCUT2D eigenvalue weighted by Crippen LogP contribution is 2.16. The number of carbonyl (C=O) groups is 2. The number of rotatable bonds is 3. The summed E-state index contributed by atoms with van der Waals surface area (Å²) in [5.41, 5.74) is 1.70. The highest BCUT2D eigenvalue weighted by Gasteiger charge is 2.25. The van der Waals surface area contributed by atoms with Crippen LogP contribution in [0.15, 0.2) is 24.3 Å². The summed E-state index contributed by atoms with van der Waals surface area (Å²) < 4.78 is 0. The average Bonchev–Trinajstić information content (AvgIpc) is 2.47. The Balaban J connectivity index is 1.91. The average molecular weight is 288 g/mol. The van der Waals surface area contributed by atoms with Gasteiger partial charge in [0.15, 0.2) is 0 Å². The van der Waals surface area contributed by atoms with E-state index in [0.717, 1.165) is 31.5 Å². The van der Waals surface area contributed by atoms with E-state index < -0.39 is 6.04 Å². The number of aryl methyl sites for hydroxylation is 1. The first-order valence-corrected chi connectivity index (χ1v) is 7.63. The fourth-order valence-corrected chi connectivity index (χ4v) is 2.55. The fourth-order valence-electron chi connectivity index (χ4n) is 2.55. The molecule has 0 radical (unpaired) electrons. The molecule has 1 aliphatic rings. The summed E-state index contributed by atoms with van der Waals surface area (Å²) in [7, 11) is 0. The van der Waals surface area contributed by atoms with Crippen LogP contribution < -0.4 is 5.32 Å². The minimum Gasteiger partial charge on any atom is -0.341 e. The molecule has 1 aliphatic heterocycles. The Labute approximate surface area is 126 Å². The first kappa shape index (κ1) is 15.5. The molecule has 21 heavy (non-hydrogen) atoms. The van der Waals surface area contributed by atoms with Crippen LogP contribution in [0.25, 0.3) is 0 Å². The molecular formula is C17H24N2O2. The monoisotopic (exact) mass is 288 g/mol. The maximum absolute atomic E-state index is 12.3. The predicted octanol–water partition coefficient (Wildman–Crippen LogP) is 2.37. The number of piperidine rings is 1. The van der Waals surface area contributed by atoms with Crippen LogP contribution in [0, 0.1) is 12.8 Å². The molecule has 1 aromatic rings. The molecule has 0 saturated carbocycles. The van der Waals surface area contributed by atoms with Crippen molar-refractivity contribution >= 4 is 11.8 Å². The molecule has 114 valence electrons. The number of carbonyl (C=O) groups excluding carboxylic acids is 2. The lowest BCUT2D eigenvalue weighted by atomic mass is 9.99. The smallest absolute Gasteiger partial charge is 0.251 e. The Morgan fingerprint density at radius 2 is 1.76 bits per heavy atom. The van der Waals surface area contributed by atoms with Crippen molar-refractivity contribution in [2.45, 2.75) is 39.7 Å². The van der Waals surface area contributed by atoms with Gasteiger partial charge in [-0.05, 0) is 44.7 Å². The molecule has 0 aliphatic carbocycles. The second-order valence-corrected chi connectivity index (χ2v) is 6.07. The lowest BCUT2D eigenvalue weighted by Gasteiger charge is -2.32. The number of hydrogen-bond donors (Lipinski definition) is 1. The molecule has 0 bridgehead atoms. The van der Waals surface area contributed by atoms with Crippen LogP contribution >= 0.6 is 0 Å². The van der Waals surface area contributed by atoms with Crippen molar-refractivity contribution in [2.24, 2.45) is 5.92 Å². The molecule has 1 heterocycles.